The first-order valence-corrected chi connectivity index (χ1v) is 5.66. The van der Waals surface area contributed by atoms with E-state index in [4.69, 9.17) is 12.2 Å². The van der Waals surface area contributed by atoms with Crippen LogP contribution in [-0.4, -0.2) is 12.5 Å². The third kappa shape index (κ3) is 1.87. The second-order valence-electron chi connectivity index (χ2n) is 4.51. The lowest BCUT2D eigenvalue weighted by atomic mass is 10.1. The first-order chi connectivity index (χ1) is 8.04. The van der Waals surface area contributed by atoms with Gasteiger partial charge in [0, 0.05) is 18.9 Å². The molecule has 3 heteroatoms. The van der Waals surface area contributed by atoms with Crippen molar-refractivity contribution < 1.29 is 4.79 Å². The highest BCUT2D eigenvalue weighted by atomic mass is 16.2. The van der Waals surface area contributed by atoms with Gasteiger partial charge in [-0.3, -0.25) is 4.79 Å². The van der Waals surface area contributed by atoms with Gasteiger partial charge in [0.25, 0.3) is 0 Å². The molecule has 17 heavy (non-hydrogen) atoms. The second-order valence-corrected chi connectivity index (χ2v) is 4.51. The lowest BCUT2D eigenvalue weighted by Gasteiger charge is -2.20. The summed E-state index contributed by atoms with van der Waals surface area (Å²) >= 11 is 0. The summed E-state index contributed by atoms with van der Waals surface area (Å²) in [6, 6.07) is 3.88. The number of carbonyl (C=O) groups excluding carboxylic acids is 1. The standard InChI is InChI=1S/C14H16N2O/c1-4-11-7-13(17)16(8-11)12-6-5-9(2)10(3)14(12)15/h1,5-6,11H,7-8,15H2,2-3H3. The molecule has 0 aromatic heterocycles. The molecule has 1 aliphatic heterocycles. The molecular weight excluding hydrogens is 212 g/mol. The van der Waals surface area contributed by atoms with Crippen LogP contribution in [0.1, 0.15) is 17.5 Å². The number of terminal acetylenes is 1. The molecule has 0 bridgehead atoms. The van der Waals surface area contributed by atoms with Gasteiger partial charge in [0.15, 0.2) is 0 Å². The molecule has 0 aliphatic carbocycles. The summed E-state index contributed by atoms with van der Waals surface area (Å²) < 4.78 is 0. The van der Waals surface area contributed by atoms with Crippen molar-refractivity contribution in [3.63, 3.8) is 0 Å². The molecule has 2 N–H and O–H groups in total. The third-order valence-corrected chi connectivity index (χ3v) is 3.41. The Labute approximate surface area is 102 Å². The van der Waals surface area contributed by atoms with Crippen LogP contribution in [0.4, 0.5) is 11.4 Å². The van der Waals surface area contributed by atoms with Crippen molar-refractivity contribution in [1.29, 1.82) is 0 Å². The Kier molecular flexibility index (Phi) is 2.81. The van der Waals surface area contributed by atoms with Gasteiger partial charge in [0.2, 0.25) is 5.91 Å². The highest BCUT2D eigenvalue weighted by molar-refractivity contribution is 5.99. The van der Waals surface area contributed by atoms with Gasteiger partial charge >= 0.3 is 0 Å². The molecule has 1 amide bonds. The van der Waals surface area contributed by atoms with E-state index in [0.717, 1.165) is 16.8 Å². The fourth-order valence-corrected chi connectivity index (χ4v) is 2.11. The van der Waals surface area contributed by atoms with E-state index in [9.17, 15) is 4.79 Å². The maximum Gasteiger partial charge on any atom is 0.228 e. The fourth-order valence-electron chi connectivity index (χ4n) is 2.11. The van der Waals surface area contributed by atoms with E-state index in [1.165, 1.54) is 0 Å². The van der Waals surface area contributed by atoms with Gasteiger partial charge in [-0.2, -0.15) is 0 Å². The summed E-state index contributed by atoms with van der Waals surface area (Å²) in [4.78, 5) is 13.6. The fraction of sp³-hybridized carbons (Fsp3) is 0.357. The molecule has 1 aliphatic rings. The molecule has 1 atom stereocenters. The van der Waals surface area contributed by atoms with Crippen molar-refractivity contribution in [2.75, 3.05) is 17.2 Å². The van der Waals surface area contributed by atoms with E-state index in [1.807, 2.05) is 26.0 Å². The summed E-state index contributed by atoms with van der Waals surface area (Å²) in [5.74, 6) is 2.70. The smallest absolute Gasteiger partial charge is 0.228 e. The topological polar surface area (TPSA) is 46.3 Å². The molecule has 2 rings (SSSR count). The minimum absolute atomic E-state index is 0.00325. The maximum absolute atomic E-state index is 11.9. The van der Waals surface area contributed by atoms with E-state index >= 15 is 0 Å². The normalized spacial score (nSPS) is 19.5. The lowest BCUT2D eigenvalue weighted by molar-refractivity contribution is -0.117. The van der Waals surface area contributed by atoms with Crippen LogP contribution in [0.25, 0.3) is 0 Å². The number of aryl methyl sites for hydroxylation is 1. The van der Waals surface area contributed by atoms with E-state index in [2.05, 4.69) is 5.92 Å². The number of nitrogens with two attached hydrogens (primary N) is 1. The lowest BCUT2D eigenvalue weighted by Crippen LogP contribution is -2.25. The Morgan fingerprint density at radius 2 is 2.18 bits per heavy atom. The Balaban J connectivity index is 2.40. The van der Waals surface area contributed by atoms with Gasteiger partial charge in [-0.25, -0.2) is 0 Å². The van der Waals surface area contributed by atoms with Crippen molar-refractivity contribution in [2.45, 2.75) is 20.3 Å². The number of hydrogen-bond donors (Lipinski definition) is 1. The number of rotatable bonds is 1. The van der Waals surface area contributed by atoms with Crippen LogP contribution in [0.2, 0.25) is 0 Å². The predicted octanol–water partition coefficient (Wildman–Crippen LogP) is 1.87. The summed E-state index contributed by atoms with van der Waals surface area (Å²) in [6.45, 7) is 4.54. The highest BCUT2D eigenvalue weighted by Crippen LogP contribution is 2.32. The number of nitrogen functional groups attached to an aromatic ring is 1. The highest BCUT2D eigenvalue weighted by Gasteiger charge is 2.30. The number of anilines is 2. The van der Waals surface area contributed by atoms with Crippen LogP contribution in [0.3, 0.4) is 0 Å². The molecule has 1 fully saturated rings. The van der Waals surface area contributed by atoms with Gasteiger partial charge in [-0.1, -0.05) is 6.07 Å². The van der Waals surface area contributed by atoms with Gasteiger partial charge < -0.3 is 10.6 Å². The summed E-state index contributed by atoms with van der Waals surface area (Å²) in [6.07, 6.45) is 5.79. The molecule has 0 radical (unpaired) electrons. The van der Waals surface area contributed by atoms with Gasteiger partial charge in [-0.05, 0) is 31.0 Å². The zero-order chi connectivity index (χ0) is 12.6. The van der Waals surface area contributed by atoms with Gasteiger partial charge in [0.05, 0.1) is 11.4 Å². The van der Waals surface area contributed by atoms with E-state index < -0.39 is 0 Å². The molecule has 0 spiro atoms. The number of nitrogens with zero attached hydrogens (tertiary/aromatic N) is 1. The molecule has 88 valence electrons. The molecule has 1 aromatic carbocycles. The van der Waals surface area contributed by atoms with E-state index in [0.29, 0.717) is 18.7 Å². The van der Waals surface area contributed by atoms with Crippen LogP contribution in [0, 0.1) is 32.1 Å². The van der Waals surface area contributed by atoms with Gasteiger partial charge in [0.1, 0.15) is 0 Å². The Morgan fingerprint density at radius 3 is 2.76 bits per heavy atom. The van der Waals surface area contributed by atoms with E-state index in [-0.39, 0.29) is 11.8 Å². The minimum Gasteiger partial charge on any atom is -0.397 e. The maximum atomic E-state index is 11.9. The van der Waals surface area contributed by atoms with Crippen molar-refractivity contribution >= 4 is 17.3 Å². The SMILES string of the molecule is C#CC1CC(=O)N(c2ccc(C)c(C)c2N)C1. The predicted molar refractivity (Wildman–Crippen MR) is 69.6 cm³/mol. The molecule has 0 saturated carbocycles. The second kappa shape index (κ2) is 4.14. The zero-order valence-electron chi connectivity index (χ0n) is 10.2. The first-order valence-electron chi connectivity index (χ1n) is 5.66. The third-order valence-electron chi connectivity index (χ3n) is 3.41. The molecule has 1 aromatic rings. The van der Waals surface area contributed by atoms with Crippen LogP contribution in [0.5, 0.6) is 0 Å². The van der Waals surface area contributed by atoms with Crippen molar-refractivity contribution in [3.05, 3.63) is 23.3 Å². The number of amides is 1. The molecule has 3 nitrogen and oxygen atoms in total. The first kappa shape index (κ1) is 11.5. The van der Waals surface area contributed by atoms with Crippen LogP contribution < -0.4 is 10.6 Å². The van der Waals surface area contributed by atoms with Crippen LogP contribution in [-0.2, 0) is 4.79 Å². The number of hydrogen-bond acceptors (Lipinski definition) is 2. The molecule has 1 saturated heterocycles. The largest absolute Gasteiger partial charge is 0.397 e. The Morgan fingerprint density at radius 1 is 1.47 bits per heavy atom. The number of carbonyl (C=O) groups is 1. The zero-order valence-corrected chi connectivity index (χ0v) is 10.2. The summed E-state index contributed by atoms with van der Waals surface area (Å²) in [5.41, 5.74) is 9.69. The van der Waals surface area contributed by atoms with Crippen molar-refractivity contribution in [2.24, 2.45) is 5.92 Å². The van der Waals surface area contributed by atoms with Crippen molar-refractivity contribution in [1.82, 2.24) is 0 Å². The quantitative estimate of drug-likeness (QED) is 0.589. The van der Waals surface area contributed by atoms with Crippen LogP contribution in [0.15, 0.2) is 12.1 Å². The molecular formula is C14H16N2O. The monoisotopic (exact) mass is 228 g/mol. The average molecular weight is 228 g/mol. The van der Waals surface area contributed by atoms with E-state index in [1.54, 1.807) is 4.90 Å². The summed E-state index contributed by atoms with van der Waals surface area (Å²) in [7, 11) is 0. The van der Waals surface area contributed by atoms with Crippen molar-refractivity contribution in [3.8, 4) is 12.3 Å². The average Bonchev–Trinajstić information content (AvgIpc) is 2.68. The molecule has 1 unspecified atom stereocenters. The van der Waals surface area contributed by atoms with Crippen LogP contribution >= 0.6 is 0 Å². The van der Waals surface area contributed by atoms with Gasteiger partial charge in [-0.15, -0.1) is 12.3 Å². The molecule has 1 heterocycles. The Bertz CT molecular complexity index is 514. The number of benzene rings is 1. The minimum atomic E-state index is 0.00325. The summed E-state index contributed by atoms with van der Waals surface area (Å²) in [5, 5.41) is 0. The Hall–Kier alpha value is -1.95.